The molecule has 0 aliphatic heterocycles. The van der Waals surface area contributed by atoms with Crippen molar-refractivity contribution in [3.8, 4) is 6.07 Å². The van der Waals surface area contributed by atoms with Crippen LogP contribution in [0.4, 0.5) is 8.78 Å². The molecule has 0 atom stereocenters. The Hall–Kier alpha value is -2.07. The molecule has 2 N–H and O–H groups in total. The van der Waals surface area contributed by atoms with Gasteiger partial charge in [-0.2, -0.15) is 5.26 Å². The fourth-order valence-electron chi connectivity index (χ4n) is 1.56. The van der Waals surface area contributed by atoms with Crippen LogP contribution in [0, 0.1) is 11.3 Å². The maximum Gasteiger partial charge on any atom is 0.310 e. The Kier molecular flexibility index (Phi) is 5.33. The van der Waals surface area contributed by atoms with E-state index in [1.54, 1.807) is 13.0 Å². The summed E-state index contributed by atoms with van der Waals surface area (Å²) in [5, 5.41) is 8.77. The highest BCUT2D eigenvalue weighted by molar-refractivity contribution is 5.73. The van der Waals surface area contributed by atoms with Crippen molar-refractivity contribution >= 4 is 5.97 Å². The first-order valence-corrected chi connectivity index (χ1v) is 5.60. The molecule has 19 heavy (non-hydrogen) atoms. The van der Waals surface area contributed by atoms with Crippen molar-refractivity contribution < 1.29 is 18.3 Å². The molecule has 0 bridgehead atoms. The van der Waals surface area contributed by atoms with Crippen LogP contribution in [-0.2, 0) is 22.5 Å². The van der Waals surface area contributed by atoms with Crippen LogP contribution in [0.3, 0.4) is 0 Å². The van der Waals surface area contributed by atoms with Crippen molar-refractivity contribution in [1.82, 2.24) is 4.98 Å². The predicted octanol–water partition coefficient (Wildman–Crippen LogP) is 1.46. The summed E-state index contributed by atoms with van der Waals surface area (Å²) in [5.41, 5.74) is 5.07. The average Bonchev–Trinajstić information content (AvgIpc) is 2.38. The van der Waals surface area contributed by atoms with E-state index < -0.39 is 18.0 Å². The number of rotatable bonds is 5. The molecule has 0 spiro atoms. The predicted molar refractivity (Wildman–Crippen MR) is 62.1 cm³/mol. The van der Waals surface area contributed by atoms with E-state index in [0.717, 1.165) is 6.07 Å². The van der Waals surface area contributed by atoms with E-state index in [0.29, 0.717) is 0 Å². The van der Waals surface area contributed by atoms with Crippen LogP contribution >= 0.6 is 0 Å². The third-order valence-corrected chi connectivity index (χ3v) is 2.40. The number of carbonyl (C=O) groups excluding carboxylic acids is 1. The third kappa shape index (κ3) is 3.69. The molecule has 1 heterocycles. The van der Waals surface area contributed by atoms with Gasteiger partial charge in [0.05, 0.1) is 24.3 Å². The first-order valence-electron chi connectivity index (χ1n) is 5.60. The van der Waals surface area contributed by atoms with Crippen LogP contribution < -0.4 is 5.73 Å². The van der Waals surface area contributed by atoms with Gasteiger partial charge < -0.3 is 10.5 Å². The second-order valence-corrected chi connectivity index (χ2v) is 3.63. The smallest absolute Gasteiger partial charge is 0.310 e. The molecule has 0 aromatic carbocycles. The van der Waals surface area contributed by atoms with Gasteiger partial charge >= 0.3 is 5.97 Å². The van der Waals surface area contributed by atoms with E-state index in [1.165, 1.54) is 0 Å². The van der Waals surface area contributed by atoms with Crippen LogP contribution in [0.1, 0.15) is 35.9 Å². The van der Waals surface area contributed by atoms with Crippen molar-refractivity contribution in [2.24, 2.45) is 5.73 Å². The summed E-state index contributed by atoms with van der Waals surface area (Å²) in [4.78, 5) is 15.1. The van der Waals surface area contributed by atoms with Crippen molar-refractivity contribution in [3.63, 3.8) is 0 Å². The molecule has 0 fully saturated rings. The molecule has 1 aromatic rings. The number of nitrogens with two attached hydrogens (primary N) is 1. The van der Waals surface area contributed by atoms with Gasteiger partial charge in [0.25, 0.3) is 6.43 Å². The largest absolute Gasteiger partial charge is 0.466 e. The van der Waals surface area contributed by atoms with Gasteiger partial charge in [0.2, 0.25) is 0 Å². The van der Waals surface area contributed by atoms with Crippen molar-refractivity contribution in [2.45, 2.75) is 26.3 Å². The number of ether oxygens (including phenoxy) is 1. The lowest BCUT2D eigenvalue weighted by Crippen LogP contribution is -2.14. The summed E-state index contributed by atoms with van der Waals surface area (Å²) in [6.07, 6.45) is -3.03. The Morgan fingerprint density at radius 1 is 1.63 bits per heavy atom. The van der Waals surface area contributed by atoms with Crippen LogP contribution in [-0.4, -0.2) is 17.6 Å². The lowest BCUT2D eigenvalue weighted by Gasteiger charge is -2.10. The van der Waals surface area contributed by atoms with Crippen molar-refractivity contribution in [2.75, 3.05) is 6.61 Å². The number of nitrogens with zero attached hydrogens (tertiary/aromatic N) is 2. The first kappa shape index (κ1) is 15.0. The number of hydrogen-bond acceptors (Lipinski definition) is 5. The fourth-order valence-corrected chi connectivity index (χ4v) is 1.56. The monoisotopic (exact) mass is 269 g/mol. The van der Waals surface area contributed by atoms with E-state index in [9.17, 15) is 13.6 Å². The molecular formula is C12H13F2N3O2. The van der Waals surface area contributed by atoms with E-state index in [4.69, 9.17) is 15.7 Å². The summed E-state index contributed by atoms with van der Waals surface area (Å²) >= 11 is 0. The van der Waals surface area contributed by atoms with E-state index in [2.05, 4.69) is 4.98 Å². The van der Waals surface area contributed by atoms with Gasteiger partial charge in [-0.05, 0) is 18.6 Å². The number of aromatic nitrogens is 1. The van der Waals surface area contributed by atoms with E-state index >= 15 is 0 Å². The zero-order chi connectivity index (χ0) is 14.4. The van der Waals surface area contributed by atoms with Crippen LogP contribution in [0.2, 0.25) is 0 Å². The molecule has 0 saturated carbocycles. The average molecular weight is 269 g/mol. The van der Waals surface area contributed by atoms with Crippen molar-refractivity contribution in [3.05, 3.63) is 28.6 Å². The minimum atomic E-state index is -2.84. The second kappa shape index (κ2) is 6.75. The summed E-state index contributed by atoms with van der Waals surface area (Å²) in [6, 6.07) is 2.69. The highest BCUT2D eigenvalue weighted by atomic mass is 19.3. The first-order chi connectivity index (χ1) is 9.03. The Labute approximate surface area is 109 Å². The Morgan fingerprint density at radius 2 is 2.32 bits per heavy atom. The van der Waals surface area contributed by atoms with Gasteiger partial charge in [-0.25, -0.2) is 13.8 Å². The molecule has 7 heteroatoms. The number of nitriles is 1. The molecular weight excluding hydrogens is 256 g/mol. The molecule has 0 aliphatic rings. The molecule has 5 nitrogen and oxygen atoms in total. The number of hydrogen-bond donors (Lipinski definition) is 1. The molecule has 1 rings (SSSR count). The van der Waals surface area contributed by atoms with Gasteiger partial charge in [-0.15, -0.1) is 0 Å². The van der Waals surface area contributed by atoms with Crippen molar-refractivity contribution in [1.29, 1.82) is 5.26 Å². The number of carbonyl (C=O) groups is 1. The lowest BCUT2D eigenvalue weighted by atomic mass is 10.0. The summed E-state index contributed by atoms with van der Waals surface area (Å²) in [5.74, 6) is -0.552. The Balaban J connectivity index is 3.19. The number of halogens is 2. The van der Waals surface area contributed by atoms with Gasteiger partial charge in [-0.3, -0.25) is 4.79 Å². The minimum Gasteiger partial charge on any atom is -0.466 e. The highest BCUT2D eigenvalue weighted by Crippen LogP contribution is 2.24. The lowest BCUT2D eigenvalue weighted by molar-refractivity contribution is -0.142. The summed E-state index contributed by atoms with van der Waals surface area (Å²) < 4.78 is 30.3. The second-order valence-electron chi connectivity index (χ2n) is 3.63. The fraction of sp³-hybridized carbons (Fsp3) is 0.417. The Morgan fingerprint density at radius 3 is 2.79 bits per heavy atom. The van der Waals surface area contributed by atoms with Crippen LogP contribution in [0.25, 0.3) is 0 Å². The van der Waals surface area contributed by atoms with Gasteiger partial charge in [0.15, 0.2) is 0 Å². The summed E-state index contributed by atoms with van der Waals surface area (Å²) in [7, 11) is 0. The number of alkyl halides is 2. The normalized spacial score (nSPS) is 10.3. The van der Waals surface area contributed by atoms with E-state index in [1.807, 2.05) is 0 Å². The third-order valence-electron chi connectivity index (χ3n) is 2.40. The maximum atomic E-state index is 12.8. The molecule has 0 aliphatic carbocycles. The molecule has 102 valence electrons. The molecule has 0 radical (unpaired) electrons. The zero-order valence-corrected chi connectivity index (χ0v) is 10.3. The van der Waals surface area contributed by atoms with Crippen LogP contribution in [0.15, 0.2) is 6.07 Å². The van der Waals surface area contributed by atoms with Gasteiger partial charge in [0.1, 0.15) is 11.8 Å². The Bertz CT molecular complexity index is 512. The molecule has 1 aromatic heterocycles. The SMILES string of the molecule is CCOC(=O)Cc1cc(C(F)F)c(C#N)nc1CN. The summed E-state index contributed by atoms with van der Waals surface area (Å²) in [6.45, 7) is 1.79. The number of esters is 1. The minimum absolute atomic E-state index is 0.0487. The highest BCUT2D eigenvalue weighted by Gasteiger charge is 2.19. The van der Waals surface area contributed by atoms with Gasteiger partial charge in [0, 0.05) is 6.54 Å². The maximum absolute atomic E-state index is 12.8. The molecule has 0 saturated heterocycles. The van der Waals surface area contributed by atoms with E-state index in [-0.39, 0.29) is 36.5 Å². The standard InChI is InChI=1S/C12H13F2N3O2/c1-2-19-11(18)4-7-3-8(12(13)14)10(6-16)17-9(7)5-15/h3,12H,2,4-5,15H2,1H3. The topological polar surface area (TPSA) is 89.0 Å². The molecule has 0 unspecified atom stereocenters. The van der Waals surface area contributed by atoms with Crippen LogP contribution in [0.5, 0.6) is 0 Å². The molecule has 0 amide bonds. The van der Waals surface area contributed by atoms with Gasteiger partial charge in [-0.1, -0.05) is 0 Å². The number of pyridine rings is 1. The quantitative estimate of drug-likeness (QED) is 0.817. The zero-order valence-electron chi connectivity index (χ0n) is 10.3.